The van der Waals surface area contributed by atoms with E-state index in [-0.39, 0.29) is 25.2 Å². The van der Waals surface area contributed by atoms with Crippen LogP contribution in [0.1, 0.15) is 6.92 Å². The fraction of sp³-hybridized carbons (Fsp3) is 1.00. The van der Waals surface area contributed by atoms with E-state index in [1.165, 1.54) is 0 Å². The van der Waals surface area contributed by atoms with Crippen LogP contribution in [0.5, 0.6) is 0 Å². The molecular formula is C7H14O4. The van der Waals surface area contributed by atoms with Crippen LogP contribution < -0.4 is 0 Å². The molecule has 0 aromatic rings. The molecule has 0 aromatic carbocycles. The van der Waals surface area contributed by atoms with E-state index in [9.17, 15) is 5.11 Å². The lowest BCUT2D eigenvalue weighted by Crippen LogP contribution is -2.30. The summed E-state index contributed by atoms with van der Waals surface area (Å²) in [6.07, 6.45) is -1.36. The lowest BCUT2D eigenvalue weighted by molar-refractivity contribution is -0.00514. The quantitative estimate of drug-likeness (QED) is 0.474. The first-order valence-electron chi connectivity index (χ1n) is 3.76. The summed E-state index contributed by atoms with van der Waals surface area (Å²) in [6.45, 7) is 1.44. The van der Waals surface area contributed by atoms with Crippen LogP contribution in [-0.2, 0) is 4.74 Å². The Labute approximate surface area is 65.4 Å². The van der Waals surface area contributed by atoms with Crippen LogP contribution in [0.25, 0.3) is 0 Å². The minimum atomic E-state index is -0.655. The van der Waals surface area contributed by atoms with Crippen LogP contribution in [0.2, 0.25) is 0 Å². The molecule has 1 saturated heterocycles. The Balaban J connectivity index is 2.57. The number of aliphatic hydroxyl groups excluding tert-OH is 3. The summed E-state index contributed by atoms with van der Waals surface area (Å²) < 4.78 is 5.17. The lowest BCUT2D eigenvalue weighted by atomic mass is 9.98. The van der Waals surface area contributed by atoms with Crippen LogP contribution >= 0.6 is 0 Å². The smallest absolute Gasteiger partial charge is 0.0886 e. The van der Waals surface area contributed by atoms with Crippen molar-refractivity contribution in [3.63, 3.8) is 0 Å². The molecule has 1 heterocycles. The Hall–Kier alpha value is -0.160. The Kier molecular flexibility index (Phi) is 2.84. The molecule has 66 valence electrons. The summed E-state index contributed by atoms with van der Waals surface area (Å²) in [5, 5.41) is 26.9. The lowest BCUT2D eigenvalue weighted by Gasteiger charge is -2.14. The Bertz CT molecular complexity index is 128. The third kappa shape index (κ3) is 1.54. The van der Waals surface area contributed by atoms with Gasteiger partial charge in [0.25, 0.3) is 0 Å². The average Bonchev–Trinajstić information content (AvgIpc) is 2.28. The van der Waals surface area contributed by atoms with Crippen molar-refractivity contribution >= 4 is 0 Å². The third-order valence-corrected chi connectivity index (χ3v) is 2.18. The van der Waals surface area contributed by atoms with Crippen molar-refractivity contribution in [2.75, 3.05) is 13.2 Å². The van der Waals surface area contributed by atoms with Crippen molar-refractivity contribution in [3.8, 4) is 0 Å². The summed E-state index contributed by atoms with van der Waals surface area (Å²) in [4.78, 5) is 0. The summed E-state index contributed by atoms with van der Waals surface area (Å²) in [5.74, 6) is -0.338. The zero-order valence-corrected chi connectivity index (χ0v) is 6.47. The first-order valence-corrected chi connectivity index (χ1v) is 3.76. The molecule has 1 rings (SSSR count). The van der Waals surface area contributed by atoms with E-state index in [1.54, 1.807) is 6.92 Å². The molecule has 0 aliphatic carbocycles. The zero-order chi connectivity index (χ0) is 8.43. The van der Waals surface area contributed by atoms with Crippen molar-refractivity contribution in [2.45, 2.75) is 25.2 Å². The predicted molar refractivity (Wildman–Crippen MR) is 38.0 cm³/mol. The first kappa shape index (κ1) is 8.93. The van der Waals surface area contributed by atoms with Crippen LogP contribution in [0.15, 0.2) is 0 Å². The molecule has 4 nitrogen and oxygen atoms in total. The monoisotopic (exact) mass is 162 g/mol. The fourth-order valence-electron chi connectivity index (χ4n) is 1.43. The van der Waals surface area contributed by atoms with Crippen LogP contribution in [0.3, 0.4) is 0 Å². The Morgan fingerprint density at radius 2 is 1.91 bits per heavy atom. The van der Waals surface area contributed by atoms with Crippen molar-refractivity contribution in [1.82, 2.24) is 0 Å². The van der Waals surface area contributed by atoms with E-state index >= 15 is 0 Å². The summed E-state index contributed by atoms with van der Waals surface area (Å²) >= 11 is 0. The van der Waals surface area contributed by atoms with Gasteiger partial charge in [-0.1, -0.05) is 0 Å². The van der Waals surface area contributed by atoms with Gasteiger partial charge in [0, 0.05) is 5.92 Å². The second-order valence-corrected chi connectivity index (χ2v) is 2.90. The maximum Gasteiger partial charge on any atom is 0.0886 e. The molecule has 1 aliphatic heterocycles. The van der Waals surface area contributed by atoms with Crippen molar-refractivity contribution in [3.05, 3.63) is 0 Å². The van der Waals surface area contributed by atoms with Crippen LogP contribution in [0.4, 0.5) is 0 Å². The van der Waals surface area contributed by atoms with Crippen LogP contribution in [0, 0.1) is 5.92 Å². The van der Waals surface area contributed by atoms with Gasteiger partial charge in [0.05, 0.1) is 31.5 Å². The number of ether oxygens (including phenoxy) is 1. The molecule has 4 atom stereocenters. The molecule has 1 fully saturated rings. The van der Waals surface area contributed by atoms with Crippen molar-refractivity contribution in [2.24, 2.45) is 5.92 Å². The summed E-state index contributed by atoms with van der Waals surface area (Å²) in [7, 11) is 0. The van der Waals surface area contributed by atoms with Gasteiger partial charge in [0.15, 0.2) is 0 Å². The molecule has 11 heavy (non-hydrogen) atoms. The molecule has 1 unspecified atom stereocenters. The van der Waals surface area contributed by atoms with Gasteiger partial charge < -0.3 is 20.1 Å². The van der Waals surface area contributed by atoms with Gasteiger partial charge in [-0.25, -0.2) is 0 Å². The van der Waals surface area contributed by atoms with Gasteiger partial charge in [-0.2, -0.15) is 0 Å². The number of rotatable bonds is 2. The number of hydrogen-bond acceptors (Lipinski definition) is 4. The van der Waals surface area contributed by atoms with Crippen molar-refractivity contribution in [1.29, 1.82) is 0 Å². The van der Waals surface area contributed by atoms with E-state index in [0.717, 1.165) is 0 Å². The molecule has 0 amide bonds. The van der Waals surface area contributed by atoms with Crippen molar-refractivity contribution < 1.29 is 20.1 Å². The first-order chi connectivity index (χ1) is 5.20. The average molecular weight is 162 g/mol. The summed E-state index contributed by atoms with van der Waals surface area (Å²) in [5.41, 5.74) is 0. The molecular weight excluding hydrogens is 148 g/mol. The molecule has 4 heteroatoms. The van der Waals surface area contributed by atoms with E-state index in [4.69, 9.17) is 14.9 Å². The normalized spacial score (nSPS) is 44.7. The maximum atomic E-state index is 9.36. The van der Waals surface area contributed by atoms with Gasteiger partial charge in [-0.15, -0.1) is 0 Å². The third-order valence-electron chi connectivity index (χ3n) is 2.18. The minimum absolute atomic E-state index is 0.142. The zero-order valence-electron chi connectivity index (χ0n) is 6.47. The molecule has 0 spiro atoms. The van der Waals surface area contributed by atoms with Gasteiger partial charge in [-0.05, 0) is 6.92 Å². The highest BCUT2D eigenvalue weighted by atomic mass is 16.5. The largest absolute Gasteiger partial charge is 0.396 e. The topological polar surface area (TPSA) is 69.9 Å². The second-order valence-electron chi connectivity index (χ2n) is 2.90. The molecule has 0 aromatic heterocycles. The highest BCUT2D eigenvalue weighted by Crippen LogP contribution is 2.25. The fourth-order valence-corrected chi connectivity index (χ4v) is 1.43. The molecule has 0 bridgehead atoms. The number of aliphatic hydroxyl groups is 3. The van der Waals surface area contributed by atoms with E-state index in [1.807, 2.05) is 0 Å². The standard InChI is InChI=1S/C7H14O4/c1-4-7(10)5(2-8)6(3-9)11-4/h4-10H,2-3H2,1H3/t4-,5-,6+,7?/m0/s1. The molecule has 1 aliphatic rings. The van der Waals surface area contributed by atoms with Gasteiger partial charge in [0.1, 0.15) is 0 Å². The Morgan fingerprint density at radius 3 is 2.27 bits per heavy atom. The highest BCUT2D eigenvalue weighted by Gasteiger charge is 2.40. The maximum absolute atomic E-state index is 9.36. The second kappa shape index (κ2) is 3.49. The van der Waals surface area contributed by atoms with Gasteiger partial charge >= 0.3 is 0 Å². The SMILES string of the molecule is C[C@@H]1O[C@H](CO)[C@H](CO)C1O. The molecule has 3 N–H and O–H groups in total. The van der Waals surface area contributed by atoms with E-state index < -0.39 is 12.2 Å². The molecule has 0 saturated carbocycles. The Morgan fingerprint density at radius 1 is 1.27 bits per heavy atom. The summed E-state index contributed by atoms with van der Waals surface area (Å²) in [6, 6.07) is 0. The van der Waals surface area contributed by atoms with E-state index in [2.05, 4.69) is 0 Å². The predicted octanol–water partition coefficient (Wildman–Crippen LogP) is -1.26. The van der Waals surface area contributed by atoms with Gasteiger partial charge in [-0.3, -0.25) is 0 Å². The minimum Gasteiger partial charge on any atom is -0.396 e. The molecule has 0 radical (unpaired) electrons. The van der Waals surface area contributed by atoms with Gasteiger partial charge in [0.2, 0.25) is 0 Å². The number of hydrogen-bond donors (Lipinski definition) is 3. The highest BCUT2D eigenvalue weighted by molar-refractivity contribution is 4.87. The van der Waals surface area contributed by atoms with E-state index in [0.29, 0.717) is 0 Å². The van der Waals surface area contributed by atoms with Crippen LogP contribution in [-0.4, -0.2) is 46.8 Å².